The number of hydrogen-bond donors (Lipinski definition) is 2. The highest BCUT2D eigenvalue weighted by atomic mass is 32.2. The standard InChI is InChI=1S/C10H16N2O3S2/c1-3-15-8(14)4-7(13)5-16-9-6(2)12-10(11)17-9/h7,13H,3-5H2,1-2H3,(H2,11,12). The predicted octanol–water partition coefficient (Wildman–Crippen LogP) is 1.44. The summed E-state index contributed by atoms with van der Waals surface area (Å²) in [6.07, 6.45) is -0.685. The Labute approximate surface area is 108 Å². The number of nitrogen functional groups attached to an aromatic ring is 1. The van der Waals surface area contributed by atoms with E-state index in [9.17, 15) is 9.90 Å². The molecule has 17 heavy (non-hydrogen) atoms. The maximum atomic E-state index is 11.1. The number of hydrogen-bond acceptors (Lipinski definition) is 7. The van der Waals surface area contributed by atoms with Gasteiger partial charge in [0.1, 0.15) is 0 Å². The predicted molar refractivity (Wildman–Crippen MR) is 69.2 cm³/mol. The van der Waals surface area contributed by atoms with Crippen molar-refractivity contribution in [2.75, 3.05) is 18.1 Å². The largest absolute Gasteiger partial charge is 0.466 e. The number of thiazole rings is 1. The number of thioether (sulfide) groups is 1. The summed E-state index contributed by atoms with van der Waals surface area (Å²) in [5.74, 6) is 0.0579. The Morgan fingerprint density at radius 3 is 2.94 bits per heavy atom. The van der Waals surface area contributed by atoms with E-state index < -0.39 is 6.10 Å². The second-order valence-corrected chi connectivity index (χ2v) is 5.72. The van der Waals surface area contributed by atoms with Gasteiger partial charge in [0.15, 0.2) is 5.13 Å². The Hall–Kier alpha value is -0.790. The van der Waals surface area contributed by atoms with Gasteiger partial charge >= 0.3 is 5.97 Å². The van der Waals surface area contributed by atoms with Crippen molar-refractivity contribution in [3.05, 3.63) is 5.69 Å². The molecular weight excluding hydrogens is 260 g/mol. The maximum absolute atomic E-state index is 11.1. The number of rotatable bonds is 6. The van der Waals surface area contributed by atoms with Crippen LogP contribution in [0.5, 0.6) is 0 Å². The fraction of sp³-hybridized carbons (Fsp3) is 0.600. The van der Waals surface area contributed by atoms with Crippen LogP contribution in [0.1, 0.15) is 19.0 Å². The van der Waals surface area contributed by atoms with Gasteiger partial charge in [0, 0.05) is 5.75 Å². The number of aliphatic hydroxyl groups excluding tert-OH is 1. The Kier molecular flexibility index (Phi) is 5.73. The van der Waals surface area contributed by atoms with Gasteiger partial charge in [-0.1, -0.05) is 11.3 Å². The molecule has 0 saturated carbocycles. The van der Waals surface area contributed by atoms with Crippen molar-refractivity contribution >= 4 is 34.2 Å². The van der Waals surface area contributed by atoms with Gasteiger partial charge in [0.2, 0.25) is 0 Å². The number of aromatic nitrogens is 1. The number of nitrogens with zero attached hydrogens (tertiary/aromatic N) is 1. The van der Waals surface area contributed by atoms with E-state index in [1.807, 2.05) is 6.92 Å². The second-order valence-electron chi connectivity index (χ2n) is 3.40. The molecule has 7 heteroatoms. The number of anilines is 1. The molecule has 5 nitrogen and oxygen atoms in total. The number of esters is 1. The molecule has 0 spiro atoms. The molecule has 96 valence electrons. The molecule has 1 heterocycles. The van der Waals surface area contributed by atoms with E-state index in [1.165, 1.54) is 23.1 Å². The molecule has 1 atom stereocenters. The summed E-state index contributed by atoms with van der Waals surface area (Å²) in [4.78, 5) is 15.2. The van der Waals surface area contributed by atoms with Gasteiger partial charge in [-0.15, -0.1) is 11.8 Å². The lowest BCUT2D eigenvalue weighted by atomic mass is 10.3. The smallest absolute Gasteiger partial charge is 0.308 e. The van der Waals surface area contributed by atoms with Gasteiger partial charge in [-0.25, -0.2) is 4.98 Å². The molecule has 1 aromatic heterocycles. The third-order valence-electron chi connectivity index (χ3n) is 1.89. The number of aliphatic hydroxyl groups is 1. The summed E-state index contributed by atoms with van der Waals surface area (Å²) in [6.45, 7) is 3.94. The molecule has 1 unspecified atom stereocenters. The average molecular weight is 276 g/mol. The zero-order valence-electron chi connectivity index (χ0n) is 9.80. The maximum Gasteiger partial charge on any atom is 0.308 e. The topological polar surface area (TPSA) is 85.4 Å². The number of aryl methyl sites for hydroxylation is 1. The third-order valence-corrected chi connectivity index (χ3v) is 4.38. The number of ether oxygens (including phenoxy) is 1. The summed E-state index contributed by atoms with van der Waals surface area (Å²) in [5.41, 5.74) is 6.43. The number of carbonyl (C=O) groups is 1. The van der Waals surface area contributed by atoms with Crippen LogP contribution in [-0.2, 0) is 9.53 Å². The van der Waals surface area contributed by atoms with Crippen molar-refractivity contribution in [1.29, 1.82) is 0 Å². The molecule has 0 aliphatic carbocycles. The highest BCUT2D eigenvalue weighted by Crippen LogP contribution is 2.31. The van der Waals surface area contributed by atoms with Crippen molar-refractivity contribution in [2.24, 2.45) is 0 Å². The molecule has 0 aliphatic heterocycles. The molecular formula is C10H16N2O3S2. The fourth-order valence-electron chi connectivity index (χ4n) is 1.18. The van der Waals surface area contributed by atoms with E-state index >= 15 is 0 Å². The van der Waals surface area contributed by atoms with Gasteiger partial charge in [-0.3, -0.25) is 4.79 Å². The zero-order chi connectivity index (χ0) is 12.8. The fourth-order valence-corrected chi connectivity index (χ4v) is 3.16. The van der Waals surface area contributed by atoms with E-state index in [2.05, 4.69) is 4.98 Å². The van der Waals surface area contributed by atoms with Crippen LogP contribution in [0.25, 0.3) is 0 Å². The van der Waals surface area contributed by atoms with Crippen molar-refractivity contribution in [1.82, 2.24) is 4.98 Å². The Balaban J connectivity index is 2.35. The minimum atomic E-state index is -0.707. The third kappa shape index (κ3) is 4.93. The van der Waals surface area contributed by atoms with Gasteiger partial charge in [-0.05, 0) is 13.8 Å². The first-order valence-electron chi connectivity index (χ1n) is 5.22. The zero-order valence-corrected chi connectivity index (χ0v) is 11.4. The van der Waals surface area contributed by atoms with Crippen LogP contribution in [0.2, 0.25) is 0 Å². The van der Waals surface area contributed by atoms with Crippen LogP contribution in [0.3, 0.4) is 0 Å². The molecule has 1 rings (SSSR count). The summed E-state index contributed by atoms with van der Waals surface area (Å²) >= 11 is 2.84. The van der Waals surface area contributed by atoms with Crippen molar-refractivity contribution < 1.29 is 14.6 Å². The highest BCUT2D eigenvalue weighted by Gasteiger charge is 2.14. The molecule has 0 amide bonds. The highest BCUT2D eigenvalue weighted by molar-refractivity contribution is 8.01. The summed E-state index contributed by atoms with van der Waals surface area (Å²) in [5, 5.41) is 10.2. The summed E-state index contributed by atoms with van der Waals surface area (Å²) < 4.78 is 5.73. The first-order valence-corrected chi connectivity index (χ1v) is 7.02. The lowest BCUT2D eigenvalue weighted by Crippen LogP contribution is -2.17. The lowest BCUT2D eigenvalue weighted by molar-refractivity contribution is -0.144. The number of nitrogens with two attached hydrogens (primary N) is 1. The van der Waals surface area contributed by atoms with E-state index in [4.69, 9.17) is 10.5 Å². The molecule has 3 N–H and O–H groups in total. The number of carbonyl (C=O) groups excluding carboxylic acids is 1. The van der Waals surface area contributed by atoms with Crippen LogP contribution in [0.15, 0.2) is 4.21 Å². The first-order chi connectivity index (χ1) is 8.02. The minimum Gasteiger partial charge on any atom is -0.466 e. The van der Waals surface area contributed by atoms with Crippen molar-refractivity contribution in [3.8, 4) is 0 Å². The van der Waals surface area contributed by atoms with E-state index in [0.29, 0.717) is 17.5 Å². The SMILES string of the molecule is CCOC(=O)CC(O)CSc1sc(N)nc1C. The molecule has 0 saturated heterocycles. The van der Waals surface area contributed by atoms with Crippen LogP contribution >= 0.6 is 23.1 Å². The van der Waals surface area contributed by atoms with E-state index in [-0.39, 0.29) is 12.4 Å². The second kappa shape index (κ2) is 6.83. The van der Waals surface area contributed by atoms with E-state index in [1.54, 1.807) is 6.92 Å². The molecule has 0 bridgehead atoms. The minimum absolute atomic E-state index is 0.0220. The molecule has 0 aliphatic rings. The normalized spacial score (nSPS) is 12.4. The van der Waals surface area contributed by atoms with Crippen molar-refractivity contribution in [2.45, 2.75) is 30.6 Å². The van der Waals surface area contributed by atoms with E-state index in [0.717, 1.165) is 9.90 Å². The van der Waals surface area contributed by atoms with Gasteiger partial charge in [0.05, 0.1) is 29.0 Å². The van der Waals surface area contributed by atoms with Gasteiger partial charge < -0.3 is 15.6 Å². The van der Waals surface area contributed by atoms with Crippen molar-refractivity contribution in [3.63, 3.8) is 0 Å². The Bertz CT molecular complexity index is 382. The molecule has 1 aromatic rings. The lowest BCUT2D eigenvalue weighted by Gasteiger charge is -2.08. The first kappa shape index (κ1) is 14.3. The van der Waals surface area contributed by atoms with Crippen LogP contribution in [-0.4, -0.2) is 34.5 Å². The molecule has 0 fully saturated rings. The Morgan fingerprint density at radius 1 is 1.71 bits per heavy atom. The molecule has 0 aromatic carbocycles. The average Bonchev–Trinajstić information content (AvgIpc) is 2.54. The quantitative estimate of drug-likeness (QED) is 0.604. The van der Waals surface area contributed by atoms with Crippen LogP contribution in [0, 0.1) is 6.92 Å². The molecule has 0 radical (unpaired) electrons. The monoisotopic (exact) mass is 276 g/mol. The van der Waals surface area contributed by atoms with Gasteiger partial charge in [-0.2, -0.15) is 0 Å². The van der Waals surface area contributed by atoms with Gasteiger partial charge in [0.25, 0.3) is 0 Å². The summed E-state index contributed by atoms with van der Waals surface area (Å²) in [7, 11) is 0. The summed E-state index contributed by atoms with van der Waals surface area (Å²) in [6, 6.07) is 0. The Morgan fingerprint density at radius 2 is 2.41 bits per heavy atom. The van der Waals surface area contributed by atoms with Crippen LogP contribution < -0.4 is 5.73 Å². The van der Waals surface area contributed by atoms with Crippen LogP contribution in [0.4, 0.5) is 5.13 Å².